The largest absolute Gasteiger partial charge is 0.508 e. The van der Waals surface area contributed by atoms with Crippen molar-refractivity contribution in [2.75, 3.05) is 6.54 Å². The second-order valence-electron chi connectivity index (χ2n) is 5.16. The fourth-order valence-electron chi connectivity index (χ4n) is 1.95. The van der Waals surface area contributed by atoms with E-state index in [-0.39, 0.29) is 23.6 Å². The van der Waals surface area contributed by atoms with Gasteiger partial charge in [0.25, 0.3) is 0 Å². The van der Waals surface area contributed by atoms with E-state index in [0.717, 1.165) is 6.42 Å². The quantitative estimate of drug-likeness (QED) is 0.627. The minimum absolute atomic E-state index is 0.0447. The number of benzene rings is 1. The smallest absolute Gasteiger partial charge is 0.124 e. The summed E-state index contributed by atoms with van der Waals surface area (Å²) in [6.45, 7) is 6.53. The van der Waals surface area contributed by atoms with Gasteiger partial charge in [0.15, 0.2) is 0 Å². The first-order valence-corrected chi connectivity index (χ1v) is 6.33. The zero-order valence-electron chi connectivity index (χ0n) is 11.2. The van der Waals surface area contributed by atoms with E-state index in [4.69, 9.17) is 0 Å². The highest BCUT2D eigenvalue weighted by Gasteiger charge is 2.13. The highest BCUT2D eigenvalue weighted by molar-refractivity contribution is 5.40. The summed E-state index contributed by atoms with van der Waals surface area (Å²) in [5.74, 6) is 0.566. The molecule has 4 nitrogen and oxygen atoms in total. The van der Waals surface area contributed by atoms with Crippen LogP contribution in [0.25, 0.3) is 0 Å². The van der Waals surface area contributed by atoms with E-state index in [1.807, 2.05) is 6.92 Å². The number of hydrogen-bond donors (Lipinski definition) is 4. The third-order valence-corrected chi connectivity index (χ3v) is 2.88. The first-order valence-electron chi connectivity index (χ1n) is 6.33. The molecule has 1 aromatic carbocycles. The molecule has 1 aromatic rings. The van der Waals surface area contributed by atoms with Gasteiger partial charge in [0.2, 0.25) is 0 Å². The van der Waals surface area contributed by atoms with E-state index < -0.39 is 0 Å². The molecular weight excluding hydrogens is 230 g/mol. The first kappa shape index (κ1) is 14.8. The van der Waals surface area contributed by atoms with Gasteiger partial charge in [0.05, 0.1) is 6.10 Å². The second-order valence-corrected chi connectivity index (χ2v) is 5.16. The molecule has 0 radical (unpaired) electrons. The van der Waals surface area contributed by atoms with E-state index in [0.29, 0.717) is 18.0 Å². The number of aliphatic hydroxyl groups excluding tert-OH is 1. The van der Waals surface area contributed by atoms with Gasteiger partial charge in [-0.2, -0.15) is 0 Å². The third kappa shape index (κ3) is 4.55. The van der Waals surface area contributed by atoms with Gasteiger partial charge in [0, 0.05) is 24.2 Å². The highest BCUT2D eigenvalue weighted by atomic mass is 16.3. The lowest BCUT2D eigenvalue weighted by Crippen LogP contribution is -2.30. The van der Waals surface area contributed by atoms with Crippen LogP contribution in [0.5, 0.6) is 11.5 Å². The Labute approximate surface area is 108 Å². The summed E-state index contributed by atoms with van der Waals surface area (Å²) in [7, 11) is 0. The molecule has 0 spiro atoms. The Morgan fingerprint density at radius 2 is 1.83 bits per heavy atom. The first-order chi connectivity index (χ1) is 8.40. The molecule has 0 heterocycles. The maximum absolute atomic E-state index is 9.76. The number of phenolic OH excluding ortho intramolecular Hbond substituents is 2. The van der Waals surface area contributed by atoms with Gasteiger partial charge in [-0.3, -0.25) is 0 Å². The van der Waals surface area contributed by atoms with Crippen LogP contribution in [0.3, 0.4) is 0 Å². The number of aliphatic hydroxyl groups is 1. The Balaban J connectivity index is 2.52. The van der Waals surface area contributed by atoms with Gasteiger partial charge in [-0.25, -0.2) is 0 Å². The molecule has 2 unspecified atom stereocenters. The average molecular weight is 253 g/mol. The van der Waals surface area contributed by atoms with Crippen molar-refractivity contribution < 1.29 is 15.3 Å². The summed E-state index contributed by atoms with van der Waals surface area (Å²) in [6.07, 6.45) is 0.369. The van der Waals surface area contributed by atoms with Crippen molar-refractivity contribution in [3.05, 3.63) is 23.8 Å². The van der Waals surface area contributed by atoms with Crippen LogP contribution >= 0.6 is 0 Å². The molecule has 18 heavy (non-hydrogen) atoms. The molecule has 0 bridgehead atoms. The number of phenols is 2. The van der Waals surface area contributed by atoms with Crippen LogP contribution in [0, 0.1) is 5.92 Å². The number of rotatable bonds is 6. The fraction of sp³-hybridized carbons (Fsp3) is 0.571. The van der Waals surface area contributed by atoms with E-state index in [1.165, 1.54) is 12.1 Å². The molecular formula is C14H23NO3. The lowest BCUT2D eigenvalue weighted by molar-refractivity contribution is 0.143. The number of hydrogen-bond acceptors (Lipinski definition) is 4. The summed E-state index contributed by atoms with van der Waals surface area (Å²) in [5, 5.41) is 31.9. The molecule has 2 atom stereocenters. The molecule has 1 rings (SSSR count). The standard InChI is InChI=1S/C14H23NO3/c1-9(2)6-12(17)8-15-10(3)13-5-4-11(16)7-14(13)18/h4-5,7,9-10,12,15-18H,6,8H2,1-3H3. The minimum Gasteiger partial charge on any atom is -0.508 e. The third-order valence-electron chi connectivity index (χ3n) is 2.88. The fourth-order valence-corrected chi connectivity index (χ4v) is 1.95. The Hall–Kier alpha value is -1.26. The molecule has 0 saturated carbocycles. The van der Waals surface area contributed by atoms with Crippen molar-refractivity contribution in [2.24, 2.45) is 5.92 Å². The molecule has 0 aromatic heterocycles. The predicted octanol–water partition coefficient (Wildman–Crippen LogP) is 2.16. The molecule has 0 aliphatic rings. The maximum Gasteiger partial charge on any atom is 0.124 e. The lowest BCUT2D eigenvalue weighted by atomic mass is 10.0. The second kappa shape index (κ2) is 6.61. The van der Waals surface area contributed by atoms with Crippen LogP contribution < -0.4 is 5.32 Å². The van der Waals surface area contributed by atoms with Crippen molar-refractivity contribution in [2.45, 2.75) is 39.3 Å². The summed E-state index contributed by atoms with van der Waals surface area (Å²) < 4.78 is 0. The van der Waals surface area contributed by atoms with Crippen molar-refractivity contribution in [1.82, 2.24) is 5.32 Å². The maximum atomic E-state index is 9.76. The van der Waals surface area contributed by atoms with Crippen LogP contribution in [-0.4, -0.2) is 28.0 Å². The van der Waals surface area contributed by atoms with E-state index in [1.54, 1.807) is 6.07 Å². The number of nitrogens with one attached hydrogen (secondary N) is 1. The van der Waals surface area contributed by atoms with Crippen molar-refractivity contribution in [3.63, 3.8) is 0 Å². The Bertz CT molecular complexity index is 379. The van der Waals surface area contributed by atoms with Gasteiger partial charge >= 0.3 is 0 Å². The van der Waals surface area contributed by atoms with Crippen molar-refractivity contribution >= 4 is 0 Å². The highest BCUT2D eigenvalue weighted by Crippen LogP contribution is 2.27. The molecule has 0 fully saturated rings. The number of aromatic hydroxyl groups is 2. The Morgan fingerprint density at radius 3 is 2.39 bits per heavy atom. The predicted molar refractivity (Wildman–Crippen MR) is 71.7 cm³/mol. The minimum atomic E-state index is -0.383. The van der Waals surface area contributed by atoms with Gasteiger partial charge in [-0.05, 0) is 25.3 Å². The molecule has 0 aliphatic carbocycles. The summed E-state index contributed by atoms with van der Waals surface area (Å²) in [6, 6.07) is 4.46. The molecule has 0 saturated heterocycles. The summed E-state index contributed by atoms with van der Waals surface area (Å²) in [5.41, 5.74) is 0.713. The Morgan fingerprint density at radius 1 is 1.17 bits per heavy atom. The normalized spacial score (nSPS) is 14.7. The summed E-state index contributed by atoms with van der Waals surface area (Å²) in [4.78, 5) is 0. The molecule has 0 amide bonds. The molecule has 0 aliphatic heterocycles. The molecule has 4 heteroatoms. The summed E-state index contributed by atoms with van der Waals surface area (Å²) >= 11 is 0. The molecule has 102 valence electrons. The van der Waals surface area contributed by atoms with Gasteiger partial charge in [-0.1, -0.05) is 19.9 Å². The Kier molecular flexibility index (Phi) is 5.44. The average Bonchev–Trinajstić information content (AvgIpc) is 2.25. The van der Waals surface area contributed by atoms with Crippen LogP contribution in [0.4, 0.5) is 0 Å². The van der Waals surface area contributed by atoms with Crippen LogP contribution in [0.1, 0.15) is 38.8 Å². The van der Waals surface area contributed by atoms with E-state index in [9.17, 15) is 15.3 Å². The van der Waals surface area contributed by atoms with Gasteiger partial charge in [0.1, 0.15) is 11.5 Å². The van der Waals surface area contributed by atoms with E-state index in [2.05, 4.69) is 19.2 Å². The zero-order valence-corrected chi connectivity index (χ0v) is 11.2. The van der Waals surface area contributed by atoms with Crippen LogP contribution in [0.15, 0.2) is 18.2 Å². The van der Waals surface area contributed by atoms with Crippen LogP contribution in [-0.2, 0) is 0 Å². The topological polar surface area (TPSA) is 72.7 Å². The van der Waals surface area contributed by atoms with Crippen molar-refractivity contribution in [1.29, 1.82) is 0 Å². The van der Waals surface area contributed by atoms with Gasteiger partial charge < -0.3 is 20.6 Å². The lowest BCUT2D eigenvalue weighted by Gasteiger charge is -2.19. The SMILES string of the molecule is CC(C)CC(O)CNC(C)c1ccc(O)cc1O. The van der Waals surface area contributed by atoms with Gasteiger partial charge in [-0.15, -0.1) is 0 Å². The monoisotopic (exact) mass is 253 g/mol. The van der Waals surface area contributed by atoms with Crippen LogP contribution in [0.2, 0.25) is 0 Å². The van der Waals surface area contributed by atoms with E-state index >= 15 is 0 Å². The van der Waals surface area contributed by atoms with Crippen molar-refractivity contribution in [3.8, 4) is 11.5 Å². The zero-order chi connectivity index (χ0) is 13.7. The molecule has 4 N–H and O–H groups in total.